The van der Waals surface area contributed by atoms with E-state index < -0.39 is 47.3 Å². The number of fused-ring (bicyclic) bond motifs is 1. The van der Waals surface area contributed by atoms with Gasteiger partial charge in [0.25, 0.3) is 5.91 Å². The van der Waals surface area contributed by atoms with Gasteiger partial charge in [0.1, 0.15) is 36.1 Å². The van der Waals surface area contributed by atoms with E-state index in [1.165, 1.54) is 17.0 Å². The number of nitrogens with one attached hydrogen (secondary N) is 2. The Balaban J connectivity index is 1.16. The minimum Gasteiger partial charge on any atom is -0.489 e. The van der Waals surface area contributed by atoms with Crippen LogP contribution in [0.2, 0.25) is 0 Å². The maximum Gasteiger partial charge on any atom is 0.412 e. The van der Waals surface area contributed by atoms with E-state index in [-0.39, 0.29) is 60.6 Å². The van der Waals surface area contributed by atoms with Gasteiger partial charge in [-0.3, -0.25) is 25.0 Å². The summed E-state index contributed by atoms with van der Waals surface area (Å²) in [5.41, 5.74) is 0.996. The van der Waals surface area contributed by atoms with Gasteiger partial charge in [0.05, 0.1) is 24.5 Å². The standard InChI is InChI=1S/C32H28F3N3O8/c33-19-3-7-26(23(35)13-19)45-21-4-5-24(22(34)14-21)36-32(42)44-16-18-2-1-17-15-38(25-6-8-27(39)37-30(25)40)31(41)28(17)29(18)46-20-9-11-43-12-10-20/h1-5,7,13-14,20,25H,6,8-12,15-16H2,(H,36,42)(H,37,39,40). The molecule has 0 saturated carbocycles. The number of imide groups is 1. The molecule has 2 N–H and O–H groups in total. The Bertz CT molecular complexity index is 1710. The van der Waals surface area contributed by atoms with E-state index in [2.05, 4.69) is 10.6 Å². The van der Waals surface area contributed by atoms with E-state index in [4.69, 9.17) is 18.9 Å². The van der Waals surface area contributed by atoms with Crippen molar-refractivity contribution in [1.29, 1.82) is 0 Å². The molecule has 0 bridgehead atoms. The highest BCUT2D eigenvalue weighted by Gasteiger charge is 2.41. The van der Waals surface area contributed by atoms with Crippen LogP contribution in [0.1, 0.15) is 47.2 Å². The van der Waals surface area contributed by atoms with Gasteiger partial charge < -0.3 is 23.8 Å². The van der Waals surface area contributed by atoms with Crippen molar-refractivity contribution in [2.24, 2.45) is 0 Å². The molecule has 3 aromatic carbocycles. The largest absolute Gasteiger partial charge is 0.489 e. The fraction of sp³-hybridized carbons (Fsp3) is 0.312. The SMILES string of the molecule is O=C1CCC(N2Cc3ccc(COC(=O)Nc4ccc(Oc5ccc(F)cc5F)cc4F)c(OC4CCOCC4)c3C2=O)C(=O)N1. The molecule has 0 spiro atoms. The van der Waals surface area contributed by atoms with Gasteiger partial charge in [-0.1, -0.05) is 12.1 Å². The third-order valence-corrected chi connectivity index (χ3v) is 7.84. The number of amides is 4. The fourth-order valence-electron chi connectivity index (χ4n) is 5.51. The topological polar surface area (TPSA) is 132 Å². The molecule has 0 aromatic heterocycles. The first-order chi connectivity index (χ1) is 22.2. The van der Waals surface area contributed by atoms with Crippen LogP contribution < -0.4 is 20.1 Å². The smallest absolute Gasteiger partial charge is 0.412 e. The molecule has 3 aromatic rings. The molecule has 14 heteroatoms. The molecule has 6 rings (SSSR count). The number of carbonyl (C=O) groups excluding carboxylic acids is 4. The zero-order chi connectivity index (χ0) is 32.4. The van der Waals surface area contributed by atoms with Crippen molar-refractivity contribution in [2.45, 2.75) is 51.0 Å². The van der Waals surface area contributed by atoms with Crippen molar-refractivity contribution in [2.75, 3.05) is 18.5 Å². The number of rotatable bonds is 8. The molecule has 4 amide bonds. The van der Waals surface area contributed by atoms with Gasteiger partial charge in [-0.15, -0.1) is 0 Å². The highest BCUT2D eigenvalue weighted by atomic mass is 19.1. The normalized spacial score (nSPS) is 18.2. The number of benzene rings is 3. The first-order valence-electron chi connectivity index (χ1n) is 14.6. The first-order valence-corrected chi connectivity index (χ1v) is 14.6. The van der Waals surface area contributed by atoms with Crippen molar-refractivity contribution >= 4 is 29.5 Å². The summed E-state index contributed by atoms with van der Waals surface area (Å²) in [4.78, 5) is 52.0. The lowest BCUT2D eigenvalue weighted by molar-refractivity contribution is -0.136. The predicted octanol–water partition coefficient (Wildman–Crippen LogP) is 4.96. The number of ether oxygens (including phenoxy) is 4. The Morgan fingerprint density at radius 2 is 1.78 bits per heavy atom. The molecule has 1 atom stereocenters. The summed E-state index contributed by atoms with van der Waals surface area (Å²) in [6, 6.07) is 8.59. The first kappa shape index (κ1) is 30.9. The van der Waals surface area contributed by atoms with Crippen molar-refractivity contribution < 1.29 is 51.3 Å². The van der Waals surface area contributed by atoms with Crippen LogP contribution in [0.4, 0.5) is 23.7 Å². The van der Waals surface area contributed by atoms with Gasteiger partial charge in [0.2, 0.25) is 11.8 Å². The molecule has 3 aliphatic rings. The second-order valence-corrected chi connectivity index (χ2v) is 10.9. The summed E-state index contributed by atoms with van der Waals surface area (Å²) in [7, 11) is 0. The van der Waals surface area contributed by atoms with Crippen LogP contribution in [-0.4, -0.2) is 54.1 Å². The van der Waals surface area contributed by atoms with Crippen LogP contribution in [0.5, 0.6) is 17.2 Å². The maximum absolute atomic E-state index is 14.8. The molecule has 3 heterocycles. The number of halogens is 3. The highest BCUT2D eigenvalue weighted by Crippen LogP contribution is 2.38. The van der Waals surface area contributed by atoms with Crippen LogP contribution in [0.3, 0.4) is 0 Å². The zero-order valence-corrected chi connectivity index (χ0v) is 24.3. The Kier molecular flexibility index (Phi) is 8.79. The number of hydrogen-bond acceptors (Lipinski definition) is 8. The minimum absolute atomic E-state index is 0.0917. The Labute approximate surface area is 260 Å². The van der Waals surface area contributed by atoms with Crippen LogP contribution in [-0.2, 0) is 32.2 Å². The van der Waals surface area contributed by atoms with E-state index in [1.807, 2.05) is 0 Å². The lowest BCUT2D eigenvalue weighted by Crippen LogP contribution is -2.52. The molecule has 0 aliphatic carbocycles. The van der Waals surface area contributed by atoms with Crippen LogP contribution in [0.15, 0.2) is 48.5 Å². The Morgan fingerprint density at radius 3 is 2.52 bits per heavy atom. The van der Waals surface area contributed by atoms with Crippen LogP contribution >= 0.6 is 0 Å². The Morgan fingerprint density at radius 1 is 0.978 bits per heavy atom. The third kappa shape index (κ3) is 6.61. The lowest BCUT2D eigenvalue weighted by atomic mass is 10.0. The van der Waals surface area contributed by atoms with Gasteiger partial charge in [0, 0.05) is 43.5 Å². The summed E-state index contributed by atoms with van der Waals surface area (Å²) < 4.78 is 64.2. The van der Waals surface area contributed by atoms with Gasteiger partial charge in [-0.2, -0.15) is 0 Å². The van der Waals surface area contributed by atoms with Crippen molar-refractivity contribution in [3.63, 3.8) is 0 Å². The summed E-state index contributed by atoms with van der Waals surface area (Å²) in [5.74, 6) is -4.23. The van der Waals surface area contributed by atoms with Crippen molar-refractivity contribution in [3.05, 3.63) is 82.7 Å². The average molecular weight is 640 g/mol. The molecular weight excluding hydrogens is 611 g/mol. The second-order valence-electron chi connectivity index (χ2n) is 10.9. The van der Waals surface area contributed by atoms with Gasteiger partial charge in [-0.05, 0) is 36.2 Å². The van der Waals surface area contributed by atoms with Crippen LogP contribution in [0.25, 0.3) is 0 Å². The lowest BCUT2D eigenvalue weighted by Gasteiger charge is -2.29. The molecule has 46 heavy (non-hydrogen) atoms. The summed E-state index contributed by atoms with van der Waals surface area (Å²) in [6.45, 7) is 0.742. The van der Waals surface area contributed by atoms with Crippen molar-refractivity contribution in [1.82, 2.24) is 10.2 Å². The second kappa shape index (κ2) is 13.1. The zero-order valence-electron chi connectivity index (χ0n) is 24.3. The molecule has 1 unspecified atom stereocenters. The molecule has 0 radical (unpaired) electrons. The van der Waals surface area contributed by atoms with Crippen molar-refractivity contribution in [3.8, 4) is 17.2 Å². The van der Waals surface area contributed by atoms with E-state index in [0.717, 1.165) is 18.2 Å². The third-order valence-electron chi connectivity index (χ3n) is 7.84. The molecule has 240 valence electrons. The Hall–Kier alpha value is -5.11. The van der Waals surface area contributed by atoms with Gasteiger partial charge in [-0.25, -0.2) is 18.0 Å². The predicted molar refractivity (Wildman–Crippen MR) is 154 cm³/mol. The molecule has 2 fully saturated rings. The molecule has 11 nitrogen and oxygen atoms in total. The number of piperidine rings is 1. The van der Waals surface area contributed by atoms with E-state index in [1.54, 1.807) is 12.1 Å². The average Bonchev–Trinajstić information content (AvgIpc) is 3.36. The van der Waals surface area contributed by atoms with E-state index in [0.29, 0.717) is 43.2 Å². The highest BCUT2D eigenvalue weighted by molar-refractivity contribution is 6.06. The van der Waals surface area contributed by atoms with E-state index in [9.17, 15) is 32.3 Å². The molecule has 3 aliphatic heterocycles. The molecular formula is C32H28F3N3O8. The number of hydrogen-bond donors (Lipinski definition) is 2. The number of nitrogens with zero attached hydrogens (tertiary/aromatic N) is 1. The van der Waals surface area contributed by atoms with Crippen LogP contribution in [0, 0.1) is 17.5 Å². The minimum atomic E-state index is -1.01. The summed E-state index contributed by atoms with van der Waals surface area (Å²) in [5, 5.41) is 4.57. The fourth-order valence-corrected chi connectivity index (χ4v) is 5.51. The molecule has 2 saturated heterocycles. The summed E-state index contributed by atoms with van der Waals surface area (Å²) >= 11 is 0. The van der Waals surface area contributed by atoms with E-state index >= 15 is 0 Å². The van der Waals surface area contributed by atoms with Gasteiger partial charge >= 0.3 is 6.09 Å². The van der Waals surface area contributed by atoms with Gasteiger partial charge in [0.15, 0.2) is 17.4 Å². The monoisotopic (exact) mass is 639 g/mol. The number of anilines is 1. The quantitative estimate of drug-likeness (QED) is 0.331. The maximum atomic E-state index is 14.8. The summed E-state index contributed by atoms with van der Waals surface area (Å²) in [6.07, 6.45) is 0.169. The number of carbonyl (C=O) groups is 4.